The molecule has 1 fully saturated rings. The third kappa shape index (κ3) is 4.41. The molecule has 2 rings (SSSR count). The van der Waals surface area contributed by atoms with Crippen LogP contribution >= 0.6 is 12.4 Å². The van der Waals surface area contributed by atoms with E-state index in [1.165, 1.54) is 11.2 Å². The highest BCUT2D eigenvalue weighted by molar-refractivity contribution is 7.89. The maximum atomic E-state index is 12.9. The number of hydrogen-bond donors (Lipinski definition) is 1. The van der Waals surface area contributed by atoms with Crippen molar-refractivity contribution in [1.82, 2.24) is 9.62 Å². The van der Waals surface area contributed by atoms with Crippen LogP contribution in [0.15, 0.2) is 23.1 Å². The largest absolute Gasteiger partial charge is 0.416 e. The van der Waals surface area contributed by atoms with Crippen LogP contribution in [-0.4, -0.2) is 38.4 Å². The fraction of sp³-hybridized carbons (Fsp3) is 0.600. The van der Waals surface area contributed by atoms with Gasteiger partial charge in [-0.3, -0.25) is 0 Å². The average molecular weight is 387 g/mol. The lowest BCUT2D eigenvalue weighted by molar-refractivity contribution is -0.137. The third-order valence-electron chi connectivity index (χ3n) is 3.97. The second-order valence-electron chi connectivity index (χ2n) is 5.74. The summed E-state index contributed by atoms with van der Waals surface area (Å²) in [4.78, 5) is -0.0501. The van der Waals surface area contributed by atoms with E-state index in [2.05, 4.69) is 5.32 Å². The Hall–Kier alpha value is -0.830. The lowest BCUT2D eigenvalue weighted by Gasteiger charge is -2.28. The highest BCUT2D eigenvalue weighted by Crippen LogP contribution is 2.32. The van der Waals surface area contributed by atoms with E-state index in [4.69, 9.17) is 0 Å². The van der Waals surface area contributed by atoms with Crippen LogP contribution in [0.2, 0.25) is 0 Å². The Morgan fingerprint density at radius 3 is 2.46 bits per heavy atom. The van der Waals surface area contributed by atoms with Gasteiger partial charge in [0.25, 0.3) is 0 Å². The molecular weight excluding hydrogens is 365 g/mol. The Morgan fingerprint density at radius 2 is 2.00 bits per heavy atom. The molecule has 0 bridgehead atoms. The van der Waals surface area contributed by atoms with Crippen molar-refractivity contribution in [2.75, 3.05) is 19.6 Å². The number of halogens is 4. The number of alkyl halides is 3. The standard InChI is InChI=1S/C15H21F3N2O2S.ClH/c1-3-8-20(13-6-7-19-10-13)23(21,22)14-5-4-12(9-11(14)2)15(16,17)18;/h4-5,9,13,19H,3,6-8,10H2,1-2H3;1H. The van der Waals surface area contributed by atoms with Crippen LogP contribution in [0.3, 0.4) is 0 Å². The summed E-state index contributed by atoms with van der Waals surface area (Å²) < 4.78 is 65.5. The Labute approximate surface area is 146 Å². The molecule has 1 N–H and O–H groups in total. The van der Waals surface area contributed by atoms with Gasteiger partial charge in [-0.1, -0.05) is 6.92 Å². The Balaban J connectivity index is 0.00000288. The van der Waals surface area contributed by atoms with Crippen molar-refractivity contribution < 1.29 is 21.6 Å². The van der Waals surface area contributed by atoms with Crippen LogP contribution in [0.25, 0.3) is 0 Å². The van der Waals surface area contributed by atoms with Gasteiger partial charge < -0.3 is 5.32 Å². The molecule has 0 amide bonds. The summed E-state index contributed by atoms with van der Waals surface area (Å²) in [7, 11) is -3.81. The molecule has 4 nitrogen and oxygen atoms in total. The van der Waals surface area contributed by atoms with E-state index >= 15 is 0 Å². The van der Waals surface area contributed by atoms with E-state index in [-0.39, 0.29) is 28.9 Å². The zero-order chi connectivity index (χ0) is 17.3. The zero-order valence-electron chi connectivity index (χ0n) is 13.6. The van der Waals surface area contributed by atoms with Gasteiger partial charge in [0.1, 0.15) is 0 Å². The molecule has 1 aromatic rings. The van der Waals surface area contributed by atoms with Crippen LogP contribution in [0, 0.1) is 6.92 Å². The molecule has 0 radical (unpaired) electrons. The highest BCUT2D eigenvalue weighted by Gasteiger charge is 2.35. The van der Waals surface area contributed by atoms with Gasteiger partial charge in [0, 0.05) is 19.1 Å². The topological polar surface area (TPSA) is 49.4 Å². The van der Waals surface area contributed by atoms with Crippen molar-refractivity contribution in [3.8, 4) is 0 Å². The monoisotopic (exact) mass is 386 g/mol. The van der Waals surface area contributed by atoms with Crippen molar-refractivity contribution in [2.24, 2.45) is 0 Å². The molecule has 1 unspecified atom stereocenters. The minimum absolute atomic E-state index is 0. The molecule has 0 aromatic heterocycles. The molecular formula is C15H22ClF3N2O2S. The lowest BCUT2D eigenvalue weighted by atomic mass is 10.1. The second-order valence-corrected chi connectivity index (χ2v) is 7.60. The molecule has 9 heteroatoms. The number of nitrogens with one attached hydrogen (secondary N) is 1. The molecule has 1 aliphatic rings. The van der Waals surface area contributed by atoms with E-state index in [9.17, 15) is 21.6 Å². The zero-order valence-corrected chi connectivity index (χ0v) is 15.2. The number of benzene rings is 1. The minimum atomic E-state index is -4.48. The van der Waals surface area contributed by atoms with Crippen LogP contribution in [0.4, 0.5) is 13.2 Å². The first kappa shape index (κ1) is 21.2. The SMILES string of the molecule is CCCN(C1CCNC1)S(=O)(=O)c1ccc(C(F)(F)F)cc1C.Cl. The number of nitrogens with zero attached hydrogens (tertiary/aromatic N) is 1. The van der Waals surface area contributed by atoms with Crippen LogP contribution in [-0.2, 0) is 16.2 Å². The van der Waals surface area contributed by atoms with Gasteiger partial charge in [0.15, 0.2) is 0 Å². The molecule has 24 heavy (non-hydrogen) atoms. The number of rotatable bonds is 5. The number of sulfonamides is 1. The molecule has 0 spiro atoms. The van der Waals surface area contributed by atoms with Gasteiger partial charge >= 0.3 is 6.18 Å². The summed E-state index contributed by atoms with van der Waals surface area (Å²) in [6, 6.07) is 2.64. The average Bonchev–Trinajstić information content (AvgIpc) is 2.96. The van der Waals surface area contributed by atoms with E-state index in [1.807, 2.05) is 6.92 Å². The van der Waals surface area contributed by atoms with E-state index in [0.717, 1.165) is 24.7 Å². The first-order valence-corrected chi connectivity index (χ1v) is 9.02. The predicted molar refractivity (Wildman–Crippen MR) is 88.9 cm³/mol. The Bertz CT molecular complexity index is 659. The van der Waals surface area contributed by atoms with Crippen LogP contribution in [0.5, 0.6) is 0 Å². The van der Waals surface area contributed by atoms with E-state index in [1.54, 1.807) is 0 Å². The Kier molecular flexibility index (Phi) is 7.10. The molecule has 1 aliphatic heterocycles. The second kappa shape index (κ2) is 8.03. The van der Waals surface area contributed by atoms with Crippen molar-refractivity contribution in [3.63, 3.8) is 0 Å². The number of aryl methyl sites for hydroxylation is 1. The van der Waals surface area contributed by atoms with Crippen LogP contribution < -0.4 is 5.32 Å². The molecule has 0 aliphatic carbocycles. The van der Waals surface area contributed by atoms with E-state index < -0.39 is 21.8 Å². The van der Waals surface area contributed by atoms with Gasteiger partial charge in [-0.2, -0.15) is 17.5 Å². The molecule has 1 heterocycles. The smallest absolute Gasteiger partial charge is 0.315 e. The summed E-state index contributed by atoms with van der Waals surface area (Å²) in [5.41, 5.74) is -0.717. The van der Waals surface area contributed by atoms with Crippen molar-refractivity contribution >= 4 is 22.4 Å². The van der Waals surface area contributed by atoms with E-state index in [0.29, 0.717) is 25.9 Å². The first-order chi connectivity index (χ1) is 10.7. The summed E-state index contributed by atoms with van der Waals surface area (Å²) in [5.74, 6) is 0. The molecule has 1 saturated heterocycles. The minimum Gasteiger partial charge on any atom is -0.315 e. The summed E-state index contributed by atoms with van der Waals surface area (Å²) >= 11 is 0. The first-order valence-electron chi connectivity index (χ1n) is 7.58. The van der Waals surface area contributed by atoms with Gasteiger partial charge in [-0.15, -0.1) is 12.4 Å². The highest BCUT2D eigenvalue weighted by atomic mass is 35.5. The summed E-state index contributed by atoms with van der Waals surface area (Å²) in [6.45, 7) is 4.95. The lowest BCUT2D eigenvalue weighted by Crippen LogP contribution is -2.42. The summed E-state index contributed by atoms with van der Waals surface area (Å²) in [5, 5.41) is 3.12. The van der Waals surface area contributed by atoms with Crippen LogP contribution in [0.1, 0.15) is 30.9 Å². The fourth-order valence-corrected chi connectivity index (χ4v) is 4.80. The maximum Gasteiger partial charge on any atom is 0.416 e. The van der Waals surface area contributed by atoms with Crippen molar-refractivity contribution in [2.45, 2.75) is 43.8 Å². The summed E-state index contributed by atoms with van der Waals surface area (Å²) in [6.07, 6.45) is -3.13. The quantitative estimate of drug-likeness (QED) is 0.845. The molecule has 1 aromatic carbocycles. The molecule has 138 valence electrons. The third-order valence-corrected chi connectivity index (χ3v) is 6.09. The van der Waals surface area contributed by atoms with Crippen molar-refractivity contribution in [1.29, 1.82) is 0 Å². The van der Waals surface area contributed by atoms with Gasteiger partial charge in [0.05, 0.1) is 10.5 Å². The van der Waals surface area contributed by atoms with Gasteiger partial charge in [-0.25, -0.2) is 8.42 Å². The molecule has 0 saturated carbocycles. The Morgan fingerprint density at radius 1 is 1.33 bits per heavy atom. The maximum absolute atomic E-state index is 12.9. The fourth-order valence-electron chi connectivity index (χ4n) is 2.85. The predicted octanol–water partition coefficient (Wildman–Crippen LogP) is 3.20. The van der Waals surface area contributed by atoms with Gasteiger partial charge in [-0.05, 0) is 50.1 Å². The normalized spacial score (nSPS) is 18.7. The molecule has 1 atom stereocenters. The van der Waals surface area contributed by atoms with Crippen molar-refractivity contribution in [3.05, 3.63) is 29.3 Å². The number of hydrogen-bond acceptors (Lipinski definition) is 3. The van der Waals surface area contributed by atoms with Gasteiger partial charge in [0.2, 0.25) is 10.0 Å².